The Morgan fingerprint density at radius 3 is 2.48 bits per heavy atom. The van der Waals surface area contributed by atoms with Crippen LogP contribution in [0.2, 0.25) is 5.02 Å². The predicted octanol–water partition coefficient (Wildman–Crippen LogP) is 3.02. The molecule has 142 valence electrons. The molecular formula is C19H20ClN3O3S. The number of hydrogen-bond acceptors (Lipinski definition) is 4. The summed E-state index contributed by atoms with van der Waals surface area (Å²) in [5.41, 5.74) is 1.48. The van der Waals surface area contributed by atoms with Gasteiger partial charge in [-0.15, -0.1) is 11.3 Å². The molecule has 2 heterocycles. The van der Waals surface area contributed by atoms with Gasteiger partial charge in [0.15, 0.2) is 0 Å². The first-order valence-electron chi connectivity index (χ1n) is 8.60. The number of thiophene rings is 1. The highest BCUT2D eigenvalue weighted by molar-refractivity contribution is 7.12. The van der Waals surface area contributed by atoms with Gasteiger partial charge in [-0.3, -0.25) is 14.4 Å². The summed E-state index contributed by atoms with van der Waals surface area (Å²) >= 11 is 7.36. The highest BCUT2D eigenvalue weighted by Crippen LogP contribution is 2.20. The molecule has 1 saturated heterocycles. The largest absolute Gasteiger partial charge is 0.339 e. The number of rotatable bonds is 4. The SMILES string of the molecule is Cc1ccc(Cl)cc1NC(=O)CC(=O)N1CCN(C(=O)c2cccs2)CC1. The molecule has 1 N–H and O–H groups in total. The van der Waals surface area contributed by atoms with E-state index in [2.05, 4.69) is 5.32 Å². The number of piperazine rings is 1. The Morgan fingerprint density at radius 1 is 1.11 bits per heavy atom. The minimum Gasteiger partial charge on any atom is -0.339 e. The number of nitrogens with one attached hydrogen (secondary N) is 1. The molecule has 0 unspecified atom stereocenters. The van der Waals surface area contributed by atoms with Crippen LogP contribution in [-0.4, -0.2) is 53.7 Å². The Hall–Kier alpha value is -2.38. The number of amides is 3. The van der Waals surface area contributed by atoms with Crippen LogP contribution in [0.1, 0.15) is 21.7 Å². The Labute approximate surface area is 166 Å². The number of hydrogen-bond donors (Lipinski definition) is 1. The topological polar surface area (TPSA) is 69.7 Å². The maximum Gasteiger partial charge on any atom is 0.264 e. The van der Waals surface area contributed by atoms with Crippen molar-refractivity contribution in [2.24, 2.45) is 0 Å². The molecule has 0 saturated carbocycles. The standard InChI is InChI=1S/C19H20ClN3O3S/c1-13-4-5-14(20)11-15(13)21-17(24)12-18(25)22-6-8-23(9-7-22)19(26)16-3-2-10-27-16/h2-5,10-11H,6-9,12H2,1H3,(H,21,24). The predicted molar refractivity (Wildman–Crippen MR) is 106 cm³/mol. The molecule has 0 aliphatic carbocycles. The summed E-state index contributed by atoms with van der Waals surface area (Å²) < 4.78 is 0. The van der Waals surface area contributed by atoms with E-state index in [1.54, 1.807) is 28.0 Å². The summed E-state index contributed by atoms with van der Waals surface area (Å²) in [6.07, 6.45) is -0.231. The van der Waals surface area contributed by atoms with Gasteiger partial charge in [0.05, 0.1) is 4.88 Å². The van der Waals surface area contributed by atoms with E-state index >= 15 is 0 Å². The third-order valence-corrected chi connectivity index (χ3v) is 5.53. The van der Waals surface area contributed by atoms with Crippen molar-refractivity contribution in [2.45, 2.75) is 13.3 Å². The first kappa shape index (κ1) is 19.4. The normalized spacial score (nSPS) is 14.1. The van der Waals surface area contributed by atoms with E-state index in [4.69, 9.17) is 11.6 Å². The van der Waals surface area contributed by atoms with E-state index in [0.717, 1.165) is 5.56 Å². The Bertz CT molecular complexity index is 846. The summed E-state index contributed by atoms with van der Waals surface area (Å²) in [5, 5.41) is 5.12. The molecule has 0 atom stereocenters. The average molecular weight is 406 g/mol. The van der Waals surface area contributed by atoms with Gasteiger partial charge in [-0.1, -0.05) is 23.7 Å². The number of halogens is 1. The van der Waals surface area contributed by atoms with Crippen molar-refractivity contribution >= 4 is 46.3 Å². The molecule has 1 aromatic carbocycles. The molecule has 1 fully saturated rings. The van der Waals surface area contributed by atoms with Gasteiger partial charge < -0.3 is 15.1 Å². The minimum absolute atomic E-state index is 0.00808. The number of nitrogens with zero attached hydrogens (tertiary/aromatic N) is 2. The van der Waals surface area contributed by atoms with Crippen molar-refractivity contribution < 1.29 is 14.4 Å². The lowest BCUT2D eigenvalue weighted by molar-refractivity contribution is -0.135. The fourth-order valence-electron chi connectivity index (χ4n) is 2.89. The zero-order valence-electron chi connectivity index (χ0n) is 14.9. The van der Waals surface area contributed by atoms with Crippen molar-refractivity contribution in [1.29, 1.82) is 0 Å². The lowest BCUT2D eigenvalue weighted by Crippen LogP contribution is -2.51. The zero-order valence-corrected chi connectivity index (χ0v) is 16.5. The third kappa shape index (κ3) is 4.87. The summed E-state index contributed by atoms with van der Waals surface area (Å²) in [7, 11) is 0. The number of carbonyl (C=O) groups excluding carboxylic acids is 3. The van der Waals surface area contributed by atoms with E-state index in [1.165, 1.54) is 11.3 Å². The molecular weight excluding hydrogens is 386 g/mol. The molecule has 3 rings (SSSR count). The van der Waals surface area contributed by atoms with Gasteiger partial charge in [0.25, 0.3) is 5.91 Å². The number of anilines is 1. The maximum atomic E-state index is 12.4. The summed E-state index contributed by atoms with van der Waals surface area (Å²) in [6.45, 7) is 3.66. The Balaban J connectivity index is 1.50. The van der Waals surface area contributed by atoms with E-state index in [9.17, 15) is 14.4 Å². The van der Waals surface area contributed by atoms with Gasteiger partial charge in [0, 0.05) is 36.9 Å². The molecule has 1 aliphatic rings. The molecule has 6 nitrogen and oxygen atoms in total. The average Bonchev–Trinajstić information content (AvgIpc) is 3.19. The quantitative estimate of drug-likeness (QED) is 0.795. The van der Waals surface area contributed by atoms with Crippen LogP contribution < -0.4 is 5.32 Å². The maximum absolute atomic E-state index is 12.4. The molecule has 0 bridgehead atoms. The van der Waals surface area contributed by atoms with Crippen LogP contribution in [0.3, 0.4) is 0 Å². The highest BCUT2D eigenvalue weighted by Gasteiger charge is 2.26. The molecule has 1 aliphatic heterocycles. The molecule has 0 spiro atoms. The second-order valence-electron chi connectivity index (χ2n) is 6.33. The van der Waals surface area contributed by atoms with Crippen LogP contribution in [0.15, 0.2) is 35.7 Å². The Kier molecular flexibility index (Phi) is 6.13. The van der Waals surface area contributed by atoms with Crippen molar-refractivity contribution in [1.82, 2.24) is 9.80 Å². The summed E-state index contributed by atoms with van der Waals surface area (Å²) in [5.74, 6) is -0.621. The molecule has 1 aromatic heterocycles. The van der Waals surface area contributed by atoms with Crippen LogP contribution in [0, 0.1) is 6.92 Å². The molecule has 3 amide bonds. The van der Waals surface area contributed by atoms with Gasteiger partial charge in [-0.2, -0.15) is 0 Å². The van der Waals surface area contributed by atoms with Crippen molar-refractivity contribution in [3.05, 3.63) is 51.2 Å². The fraction of sp³-hybridized carbons (Fsp3) is 0.316. The van der Waals surface area contributed by atoms with Crippen molar-refractivity contribution in [3.63, 3.8) is 0 Å². The fourth-order valence-corrected chi connectivity index (χ4v) is 3.75. The van der Waals surface area contributed by atoms with Crippen LogP contribution in [0.4, 0.5) is 5.69 Å². The van der Waals surface area contributed by atoms with Gasteiger partial charge in [-0.25, -0.2) is 0 Å². The minimum atomic E-state index is -0.373. The van der Waals surface area contributed by atoms with Crippen molar-refractivity contribution in [2.75, 3.05) is 31.5 Å². The van der Waals surface area contributed by atoms with Crippen LogP contribution in [-0.2, 0) is 9.59 Å². The van der Waals surface area contributed by atoms with Gasteiger partial charge in [0.1, 0.15) is 6.42 Å². The third-order valence-electron chi connectivity index (χ3n) is 4.44. The first-order chi connectivity index (χ1) is 12.9. The first-order valence-corrected chi connectivity index (χ1v) is 9.86. The van der Waals surface area contributed by atoms with Gasteiger partial charge in [0.2, 0.25) is 11.8 Å². The van der Waals surface area contributed by atoms with Crippen LogP contribution >= 0.6 is 22.9 Å². The lowest BCUT2D eigenvalue weighted by Gasteiger charge is -2.34. The smallest absolute Gasteiger partial charge is 0.264 e. The number of carbonyl (C=O) groups is 3. The second kappa shape index (κ2) is 8.54. The zero-order chi connectivity index (χ0) is 19.4. The highest BCUT2D eigenvalue weighted by atomic mass is 35.5. The number of benzene rings is 1. The lowest BCUT2D eigenvalue weighted by atomic mass is 10.2. The van der Waals surface area contributed by atoms with E-state index in [-0.39, 0.29) is 24.1 Å². The molecule has 8 heteroatoms. The van der Waals surface area contributed by atoms with E-state index < -0.39 is 0 Å². The van der Waals surface area contributed by atoms with Crippen LogP contribution in [0.25, 0.3) is 0 Å². The van der Waals surface area contributed by atoms with Gasteiger partial charge >= 0.3 is 0 Å². The summed E-state index contributed by atoms with van der Waals surface area (Å²) in [4.78, 5) is 41.0. The summed E-state index contributed by atoms with van der Waals surface area (Å²) in [6, 6.07) is 8.86. The molecule has 2 aromatic rings. The Morgan fingerprint density at radius 2 is 1.81 bits per heavy atom. The second-order valence-corrected chi connectivity index (χ2v) is 7.72. The van der Waals surface area contributed by atoms with E-state index in [1.807, 2.05) is 24.4 Å². The molecule has 27 heavy (non-hydrogen) atoms. The van der Waals surface area contributed by atoms with Gasteiger partial charge in [-0.05, 0) is 36.1 Å². The number of aryl methyl sites for hydroxylation is 1. The molecule has 0 radical (unpaired) electrons. The van der Waals surface area contributed by atoms with Crippen molar-refractivity contribution in [3.8, 4) is 0 Å². The monoisotopic (exact) mass is 405 g/mol. The van der Waals surface area contributed by atoms with Crippen LogP contribution in [0.5, 0.6) is 0 Å². The van der Waals surface area contributed by atoms with E-state index in [0.29, 0.717) is 41.8 Å².